The number of carboxylic acids is 1. The zero-order valence-corrected chi connectivity index (χ0v) is 9.18. The third-order valence-corrected chi connectivity index (χ3v) is 1.94. The van der Waals surface area contributed by atoms with Gasteiger partial charge in [0.25, 0.3) is 0 Å². The monoisotopic (exact) mass is 241 g/mol. The summed E-state index contributed by atoms with van der Waals surface area (Å²) in [6.45, 7) is 4.36. The fourth-order valence-electron chi connectivity index (χ4n) is 1.33. The first-order valence-electron chi connectivity index (χ1n) is 4.62. The molecule has 0 aliphatic heterocycles. The van der Waals surface area contributed by atoms with Gasteiger partial charge in [0, 0.05) is 0 Å². The maximum Gasteiger partial charge on any atom is 0.471 e. The number of hydrogen-bond donors (Lipinski definition) is 2. The normalized spacial score (nSPS) is 15.7. The van der Waals surface area contributed by atoms with Crippen LogP contribution in [0.2, 0.25) is 0 Å². The largest absolute Gasteiger partial charge is 0.480 e. The number of alkyl halides is 3. The molecule has 0 heterocycles. The molecule has 0 aromatic carbocycles. The Kier molecular flexibility index (Phi) is 4.34. The number of aliphatic carboxylic acids is 1. The van der Waals surface area contributed by atoms with E-state index in [1.54, 1.807) is 13.8 Å². The van der Waals surface area contributed by atoms with Gasteiger partial charge in [-0.15, -0.1) is 0 Å². The first kappa shape index (κ1) is 14.7. The molecule has 16 heavy (non-hydrogen) atoms. The van der Waals surface area contributed by atoms with Gasteiger partial charge >= 0.3 is 18.1 Å². The van der Waals surface area contributed by atoms with Crippen LogP contribution in [0.5, 0.6) is 0 Å². The van der Waals surface area contributed by atoms with E-state index in [4.69, 9.17) is 5.11 Å². The highest BCUT2D eigenvalue weighted by molar-refractivity contribution is 5.89. The molecule has 0 radical (unpaired) electrons. The molecule has 0 bridgehead atoms. The van der Waals surface area contributed by atoms with Gasteiger partial charge in [-0.25, -0.2) is 4.79 Å². The average molecular weight is 241 g/mol. The fourth-order valence-corrected chi connectivity index (χ4v) is 1.33. The van der Waals surface area contributed by atoms with Gasteiger partial charge < -0.3 is 10.4 Å². The lowest BCUT2D eigenvalue weighted by Crippen LogP contribution is -2.56. The number of amides is 1. The molecule has 0 rings (SSSR count). The Morgan fingerprint density at radius 2 is 1.75 bits per heavy atom. The van der Waals surface area contributed by atoms with Crippen molar-refractivity contribution in [2.45, 2.75) is 38.9 Å². The Labute approximate surface area is 90.8 Å². The van der Waals surface area contributed by atoms with Gasteiger partial charge in [-0.05, 0) is 19.3 Å². The van der Waals surface area contributed by atoms with Crippen molar-refractivity contribution in [3.05, 3.63) is 0 Å². The van der Waals surface area contributed by atoms with E-state index in [0.717, 1.165) is 6.92 Å². The quantitative estimate of drug-likeness (QED) is 0.784. The second-order valence-corrected chi connectivity index (χ2v) is 4.19. The van der Waals surface area contributed by atoms with Crippen LogP contribution in [0, 0.1) is 5.92 Å². The first-order valence-corrected chi connectivity index (χ1v) is 4.62. The minimum absolute atomic E-state index is 0.0792. The highest BCUT2D eigenvalue weighted by Crippen LogP contribution is 2.21. The van der Waals surface area contributed by atoms with Crippen LogP contribution in [0.25, 0.3) is 0 Å². The Morgan fingerprint density at radius 1 is 1.31 bits per heavy atom. The van der Waals surface area contributed by atoms with Crippen LogP contribution in [0.15, 0.2) is 0 Å². The highest BCUT2D eigenvalue weighted by Gasteiger charge is 2.45. The topological polar surface area (TPSA) is 66.4 Å². The van der Waals surface area contributed by atoms with Crippen molar-refractivity contribution >= 4 is 11.9 Å². The summed E-state index contributed by atoms with van der Waals surface area (Å²) in [5, 5.41) is 10.3. The summed E-state index contributed by atoms with van der Waals surface area (Å²) in [4.78, 5) is 21.5. The van der Waals surface area contributed by atoms with E-state index in [2.05, 4.69) is 0 Å². The third kappa shape index (κ3) is 4.08. The number of nitrogens with one attached hydrogen (secondary N) is 1. The summed E-state index contributed by atoms with van der Waals surface area (Å²) in [5.74, 6) is -3.88. The maximum atomic E-state index is 12.0. The lowest BCUT2D eigenvalue weighted by Gasteiger charge is -2.28. The summed E-state index contributed by atoms with van der Waals surface area (Å²) < 4.78 is 35.9. The summed E-state index contributed by atoms with van der Waals surface area (Å²) >= 11 is 0. The highest BCUT2D eigenvalue weighted by atomic mass is 19.4. The molecule has 0 aromatic heterocycles. The van der Waals surface area contributed by atoms with E-state index in [1.165, 1.54) is 5.32 Å². The lowest BCUT2D eigenvalue weighted by atomic mass is 9.90. The molecule has 2 N–H and O–H groups in total. The van der Waals surface area contributed by atoms with Gasteiger partial charge in [-0.2, -0.15) is 13.2 Å². The molecule has 94 valence electrons. The molecule has 0 spiro atoms. The van der Waals surface area contributed by atoms with E-state index < -0.39 is 23.6 Å². The molecule has 0 saturated carbocycles. The van der Waals surface area contributed by atoms with Gasteiger partial charge in [0.1, 0.15) is 5.54 Å². The van der Waals surface area contributed by atoms with E-state index in [0.29, 0.717) is 0 Å². The zero-order chi connectivity index (χ0) is 13.1. The number of carbonyl (C=O) groups excluding carboxylic acids is 1. The minimum atomic E-state index is -5.08. The molecule has 0 aliphatic rings. The van der Waals surface area contributed by atoms with Crippen molar-refractivity contribution in [2.75, 3.05) is 0 Å². The van der Waals surface area contributed by atoms with Crippen LogP contribution in [-0.4, -0.2) is 28.7 Å². The first-order chi connectivity index (χ1) is 6.99. The third-order valence-electron chi connectivity index (χ3n) is 1.94. The van der Waals surface area contributed by atoms with Crippen LogP contribution in [0.3, 0.4) is 0 Å². The van der Waals surface area contributed by atoms with Crippen LogP contribution in [0.1, 0.15) is 27.2 Å². The molecule has 0 fully saturated rings. The molecular weight excluding hydrogens is 227 g/mol. The molecule has 1 atom stereocenters. The van der Waals surface area contributed by atoms with Crippen molar-refractivity contribution in [2.24, 2.45) is 5.92 Å². The molecule has 0 aliphatic carbocycles. The molecule has 0 unspecified atom stereocenters. The van der Waals surface area contributed by atoms with Gasteiger partial charge in [0.05, 0.1) is 0 Å². The van der Waals surface area contributed by atoms with Crippen LogP contribution in [-0.2, 0) is 9.59 Å². The summed E-state index contributed by atoms with van der Waals surface area (Å²) in [6.07, 6.45) is -5.15. The standard InChI is InChI=1S/C9H14F3NO3/c1-5(2)4-8(3,7(15)16)13-6(14)9(10,11)12/h5H,4H2,1-3H3,(H,13,14)(H,15,16)/t8-/m0/s1. The summed E-state index contributed by atoms with van der Waals surface area (Å²) in [5.41, 5.74) is -1.90. The second kappa shape index (κ2) is 4.71. The molecule has 1 amide bonds. The van der Waals surface area contributed by atoms with Crippen molar-refractivity contribution in [3.63, 3.8) is 0 Å². The Balaban J connectivity index is 4.83. The Hall–Kier alpha value is -1.27. The van der Waals surface area contributed by atoms with Crippen LogP contribution >= 0.6 is 0 Å². The molecule has 0 aromatic rings. The predicted molar refractivity (Wildman–Crippen MR) is 49.7 cm³/mol. The fraction of sp³-hybridized carbons (Fsp3) is 0.778. The van der Waals surface area contributed by atoms with E-state index >= 15 is 0 Å². The summed E-state index contributed by atoms with van der Waals surface area (Å²) in [7, 11) is 0. The van der Waals surface area contributed by atoms with Crippen molar-refractivity contribution in [1.82, 2.24) is 5.32 Å². The number of carbonyl (C=O) groups is 2. The lowest BCUT2D eigenvalue weighted by molar-refractivity contribution is -0.177. The smallest absolute Gasteiger partial charge is 0.471 e. The van der Waals surface area contributed by atoms with E-state index in [1.807, 2.05) is 0 Å². The minimum Gasteiger partial charge on any atom is -0.480 e. The zero-order valence-electron chi connectivity index (χ0n) is 9.18. The van der Waals surface area contributed by atoms with Crippen LogP contribution in [0.4, 0.5) is 13.2 Å². The summed E-state index contributed by atoms with van der Waals surface area (Å²) in [6, 6.07) is 0. The molecule has 4 nitrogen and oxygen atoms in total. The van der Waals surface area contributed by atoms with Gasteiger partial charge in [-0.3, -0.25) is 4.79 Å². The number of rotatable bonds is 4. The number of halogens is 3. The second-order valence-electron chi connectivity index (χ2n) is 4.19. The van der Waals surface area contributed by atoms with E-state index in [-0.39, 0.29) is 12.3 Å². The Bertz CT molecular complexity index is 288. The van der Waals surface area contributed by atoms with Crippen LogP contribution < -0.4 is 5.32 Å². The average Bonchev–Trinajstić information content (AvgIpc) is 1.99. The molecule has 0 saturated heterocycles. The number of carboxylic acid groups (broad SMARTS) is 1. The van der Waals surface area contributed by atoms with Gasteiger partial charge in [-0.1, -0.05) is 13.8 Å². The van der Waals surface area contributed by atoms with Crippen molar-refractivity contribution < 1.29 is 27.9 Å². The van der Waals surface area contributed by atoms with Crippen molar-refractivity contribution in [1.29, 1.82) is 0 Å². The Morgan fingerprint density at radius 3 is 2.00 bits per heavy atom. The van der Waals surface area contributed by atoms with Crippen molar-refractivity contribution in [3.8, 4) is 0 Å². The van der Waals surface area contributed by atoms with Gasteiger partial charge in [0.15, 0.2) is 0 Å². The maximum absolute atomic E-state index is 12.0. The predicted octanol–water partition coefficient (Wildman–Crippen LogP) is 1.55. The number of hydrogen-bond acceptors (Lipinski definition) is 2. The molecule has 7 heteroatoms. The van der Waals surface area contributed by atoms with Gasteiger partial charge in [0.2, 0.25) is 0 Å². The SMILES string of the molecule is CC(C)C[C@](C)(NC(=O)C(F)(F)F)C(=O)O. The van der Waals surface area contributed by atoms with E-state index in [9.17, 15) is 22.8 Å². The molecular formula is C9H14F3NO3.